The molecule has 0 fully saturated rings. The molecule has 1 heterocycles. The number of aryl methyl sites for hydroxylation is 6. The highest BCUT2D eigenvalue weighted by Crippen LogP contribution is 2.82. The van der Waals surface area contributed by atoms with Gasteiger partial charge in [-0.15, -0.1) is 5.47 Å². The van der Waals surface area contributed by atoms with Gasteiger partial charge in [0.25, 0.3) is 5.87 Å². The second-order valence-corrected chi connectivity index (χ2v) is 31.8. The first-order valence-corrected chi connectivity index (χ1v) is 29.0. The molecule has 64 heavy (non-hydrogen) atoms. The van der Waals surface area contributed by atoms with E-state index in [1.165, 1.54) is 24.3 Å². The summed E-state index contributed by atoms with van der Waals surface area (Å²) in [7, 11) is -7.47. The third-order valence-corrected chi connectivity index (χ3v) is 28.2. The van der Waals surface area contributed by atoms with Gasteiger partial charge in [-0.25, -0.2) is 43.9 Å². The van der Waals surface area contributed by atoms with Crippen molar-refractivity contribution in [1.82, 2.24) is 0 Å². The summed E-state index contributed by atoms with van der Waals surface area (Å²) in [5, 5.41) is 1.97. The topological polar surface area (TPSA) is 0 Å². The highest BCUT2D eigenvalue weighted by Gasteiger charge is 2.74. The summed E-state index contributed by atoms with van der Waals surface area (Å²) in [6.07, 6.45) is -0.421. The molecule has 6 aromatic carbocycles. The van der Waals surface area contributed by atoms with Gasteiger partial charge in [0.2, 0.25) is 0 Å². The van der Waals surface area contributed by atoms with Gasteiger partial charge in [0, 0.05) is 6.04 Å². The molecule has 0 aliphatic carbocycles. The van der Waals surface area contributed by atoms with Gasteiger partial charge in [0.15, 0.2) is 34.9 Å². The Bertz CT molecular complexity index is 2710. The lowest BCUT2D eigenvalue weighted by atomic mass is 9.32. The Hall–Kier alpha value is -4.28. The number of halogens is 10. The van der Waals surface area contributed by atoms with E-state index in [-0.39, 0.29) is 28.7 Å². The molecule has 0 N–H and O–H groups in total. The minimum absolute atomic E-state index is 0.0565. The van der Waals surface area contributed by atoms with Crippen LogP contribution in [0.2, 0.25) is 19.6 Å². The highest BCUT2D eigenvalue weighted by molar-refractivity contribution is 8.28. The van der Waals surface area contributed by atoms with Crippen LogP contribution in [-0.4, -0.2) is 20.1 Å². The first kappa shape index (κ1) is 47.7. The van der Waals surface area contributed by atoms with Gasteiger partial charge >= 0.3 is 0 Å². The van der Waals surface area contributed by atoms with E-state index in [9.17, 15) is 0 Å². The van der Waals surface area contributed by atoms with Crippen LogP contribution in [0.25, 0.3) is 0 Å². The molecule has 0 spiro atoms. The van der Waals surface area contributed by atoms with Crippen molar-refractivity contribution in [2.45, 2.75) is 67.6 Å². The normalized spacial score (nSPS) is 14.9. The van der Waals surface area contributed by atoms with E-state index in [2.05, 4.69) is 0 Å². The molecular formula is C49H45BF10P2SSi. The molecule has 0 aromatic heterocycles. The van der Waals surface area contributed by atoms with Gasteiger partial charge in [-0.05, 0) is 117 Å². The van der Waals surface area contributed by atoms with E-state index >= 15 is 43.9 Å². The van der Waals surface area contributed by atoms with E-state index in [0.29, 0.717) is 4.94 Å². The standard InChI is InChI=1S/C49H45BF10P2SSi/c1-26-22-28(3)47(29(4)23-26)61(63,48-30(5)24-27(2)25-31(48)6)21-20-34-49(64(7,8)9)62(32-16-12-10-13-17-32,33-18-14-11-15-19-33)50(34,35-37(51)41(55)45(59)42(56)38(35)52)36-39(53)43(57)46(60)44(58)40(36)54/h10-19,22-25H,20-21H2,1-9H3. The fourth-order valence-corrected chi connectivity index (χ4v) is 29.9. The predicted molar refractivity (Wildman–Crippen MR) is 251 cm³/mol. The largest absolute Gasteiger partial charge is 0.272 e. The van der Waals surface area contributed by atoms with Gasteiger partial charge < -0.3 is 0 Å². The summed E-state index contributed by atoms with van der Waals surface area (Å²) < 4.78 is 164. The maximum absolute atomic E-state index is 17.4. The van der Waals surface area contributed by atoms with Crippen LogP contribution >= 0.6 is 13.2 Å². The molecule has 0 bridgehead atoms. The van der Waals surface area contributed by atoms with E-state index in [1.54, 1.807) is 36.4 Å². The minimum Gasteiger partial charge on any atom is -0.207 e. The number of hydrogen-bond donors (Lipinski definition) is 0. The van der Waals surface area contributed by atoms with Crippen LogP contribution < -0.4 is 32.1 Å². The van der Waals surface area contributed by atoms with Crippen LogP contribution in [0, 0.1) is 99.7 Å². The third kappa shape index (κ3) is 6.84. The Balaban J connectivity index is 1.79. The summed E-state index contributed by atoms with van der Waals surface area (Å²) in [5.41, 5.74) is 1.81. The van der Waals surface area contributed by atoms with Crippen LogP contribution in [0.4, 0.5) is 43.9 Å². The Labute approximate surface area is 374 Å². The maximum Gasteiger partial charge on any atom is 0.272 e. The second-order valence-electron chi connectivity index (χ2n) is 18.0. The molecule has 0 saturated carbocycles. The highest BCUT2D eigenvalue weighted by atomic mass is 32.4. The van der Waals surface area contributed by atoms with Crippen molar-refractivity contribution < 1.29 is 43.9 Å². The summed E-state index contributed by atoms with van der Waals surface area (Å²) in [4.78, 5) is 0.474. The molecule has 0 unspecified atom stereocenters. The number of benzene rings is 6. The van der Waals surface area contributed by atoms with E-state index in [1.807, 2.05) is 85.4 Å². The number of rotatable bonds is 10. The van der Waals surface area contributed by atoms with Crippen LogP contribution in [0.1, 0.15) is 39.8 Å². The SMILES string of the molecule is Cc1cc(C)c(P(=S)(CCC2=C([Si](C)(C)C)[P+](c3ccccc3)(c3ccccc3)[B-]2(c2c(F)c(F)c(F)c(F)c2F)c2c(F)c(F)c(F)c(F)c2F)c2c(C)cc(C)cc2C)c(C)c1. The fourth-order valence-electron chi connectivity index (χ4n) is 11.3. The maximum atomic E-state index is 17.4. The number of allylic oxidation sites excluding steroid dienone is 1. The Morgan fingerprint density at radius 2 is 0.781 bits per heavy atom. The Morgan fingerprint density at radius 3 is 1.08 bits per heavy atom. The van der Waals surface area contributed by atoms with Gasteiger partial charge in [-0.2, -0.15) is 0 Å². The van der Waals surface area contributed by atoms with Gasteiger partial charge in [0.05, 0.1) is 10.6 Å². The summed E-state index contributed by atoms with van der Waals surface area (Å²) >= 11 is 6.95. The molecule has 1 aliphatic rings. The zero-order valence-electron chi connectivity index (χ0n) is 36.7. The van der Waals surface area contributed by atoms with Gasteiger partial charge in [0.1, 0.15) is 31.3 Å². The lowest BCUT2D eigenvalue weighted by molar-refractivity contribution is 0.382. The molecule has 6 aromatic rings. The van der Waals surface area contributed by atoms with Gasteiger partial charge in [-0.1, -0.05) is 121 Å². The fraction of sp³-hybridized carbons (Fsp3) is 0.224. The van der Waals surface area contributed by atoms with E-state index < -0.39 is 96.2 Å². The zero-order valence-corrected chi connectivity index (χ0v) is 40.3. The molecule has 1 aliphatic heterocycles. The van der Waals surface area contributed by atoms with Crippen LogP contribution in [0.5, 0.6) is 0 Å². The minimum atomic E-state index is -4.42. The van der Waals surface area contributed by atoms with Crippen molar-refractivity contribution in [3.8, 4) is 0 Å². The van der Waals surface area contributed by atoms with Crippen LogP contribution in [0.3, 0.4) is 0 Å². The van der Waals surface area contributed by atoms with E-state index in [4.69, 9.17) is 11.8 Å². The first-order chi connectivity index (χ1) is 29.9. The third-order valence-electron chi connectivity index (χ3n) is 12.8. The smallest absolute Gasteiger partial charge is 0.207 e. The summed E-state index contributed by atoms with van der Waals surface area (Å²) in [6.45, 7) is 17.1. The molecule has 0 radical (unpaired) electrons. The summed E-state index contributed by atoms with van der Waals surface area (Å²) in [6, 6.07) is 20.1. The van der Waals surface area contributed by atoms with Crippen molar-refractivity contribution in [3.05, 3.63) is 187 Å². The molecule has 0 amide bonds. The summed E-state index contributed by atoms with van der Waals surface area (Å²) in [5.74, 6) is -29.0. The Kier molecular flexibility index (Phi) is 12.6. The lowest BCUT2D eigenvalue weighted by Crippen LogP contribution is -2.76. The average Bonchev–Trinajstić information content (AvgIpc) is 3.22. The monoisotopic (exact) mass is 956 g/mol. The van der Waals surface area contributed by atoms with Crippen molar-refractivity contribution >= 4 is 71.1 Å². The van der Waals surface area contributed by atoms with Crippen molar-refractivity contribution in [2.75, 3.05) is 6.16 Å². The van der Waals surface area contributed by atoms with Crippen molar-refractivity contribution in [3.63, 3.8) is 0 Å². The molecule has 334 valence electrons. The predicted octanol–water partition coefficient (Wildman–Crippen LogP) is 11.9. The first-order valence-electron chi connectivity index (χ1n) is 20.6. The van der Waals surface area contributed by atoms with Crippen LogP contribution in [0.15, 0.2) is 95.3 Å². The molecule has 7 rings (SSSR count). The average molecular weight is 957 g/mol. The molecule has 15 heteroatoms. The molecular weight excluding hydrogens is 911 g/mol. The van der Waals surface area contributed by atoms with Crippen molar-refractivity contribution in [1.29, 1.82) is 0 Å². The molecule has 0 saturated heterocycles. The van der Waals surface area contributed by atoms with Crippen molar-refractivity contribution in [2.24, 2.45) is 0 Å². The Morgan fingerprint density at radius 1 is 0.484 bits per heavy atom. The number of hydrogen-bond acceptors (Lipinski definition) is 1. The van der Waals surface area contributed by atoms with Gasteiger partial charge in [-0.3, -0.25) is 0 Å². The quantitative estimate of drug-likeness (QED) is 0.0433. The van der Waals surface area contributed by atoms with E-state index in [0.717, 1.165) is 44.0 Å². The lowest BCUT2D eigenvalue weighted by Gasteiger charge is -2.65. The molecule has 0 nitrogen and oxygen atoms in total. The second kappa shape index (κ2) is 16.9. The molecule has 0 atom stereocenters. The van der Waals surface area contributed by atoms with Crippen LogP contribution in [-0.2, 0) is 11.8 Å². The zero-order chi connectivity index (χ0) is 47.2.